The smallest absolute Gasteiger partial charge is 0.235 e. The van der Waals surface area contributed by atoms with E-state index in [1.807, 2.05) is 24.3 Å². The molecule has 0 radical (unpaired) electrons. The number of aromatic amines is 1. The highest BCUT2D eigenvalue weighted by atomic mass is 19.1. The largest absolute Gasteiger partial charge is 0.325 e. The molecule has 0 unspecified atom stereocenters. The van der Waals surface area contributed by atoms with E-state index in [0.717, 1.165) is 12.0 Å². The predicted octanol–water partition coefficient (Wildman–Crippen LogP) is 2.87. The van der Waals surface area contributed by atoms with Crippen molar-refractivity contribution in [1.82, 2.24) is 20.6 Å². The van der Waals surface area contributed by atoms with Gasteiger partial charge in [0.05, 0.1) is 0 Å². The lowest BCUT2D eigenvalue weighted by molar-refractivity contribution is -0.117. The molecule has 2 aromatic carbocycles. The van der Waals surface area contributed by atoms with Crippen molar-refractivity contribution in [3.63, 3.8) is 0 Å². The Labute approximate surface area is 144 Å². The molecule has 0 aliphatic carbocycles. The molecule has 0 fully saturated rings. The van der Waals surface area contributed by atoms with Crippen LogP contribution in [0.2, 0.25) is 0 Å². The van der Waals surface area contributed by atoms with Gasteiger partial charge in [-0.1, -0.05) is 36.4 Å². The molecule has 0 aliphatic heterocycles. The Morgan fingerprint density at radius 1 is 1.12 bits per heavy atom. The fourth-order valence-electron chi connectivity index (χ4n) is 2.53. The van der Waals surface area contributed by atoms with Gasteiger partial charge in [0.15, 0.2) is 5.82 Å². The summed E-state index contributed by atoms with van der Waals surface area (Å²) in [5.41, 5.74) is 2.75. The minimum Gasteiger partial charge on any atom is -0.325 e. The molecule has 0 saturated carbocycles. The highest BCUT2D eigenvalue weighted by molar-refractivity contribution is 5.95. The number of halogens is 1. The van der Waals surface area contributed by atoms with Crippen molar-refractivity contribution in [3.8, 4) is 0 Å². The fourth-order valence-corrected chi connectivity index (χ4v) is 2.53. The number of carbonyl (C=O) groups is 1. The molecular weight excluding hydrogens is 321 g/mol. The molecule has 6 nitrogen and oxygen atoms in total. The molecule has 25 heavy (non-hydrogen) atoms. The minimum atomic E-state index is -0.601. The van der Waals surface area contributed by atoms with E-state index >= 15 is 0 Å². The zero-order chi connectivity index (χ0) is 17.6. The van der Waals surface area contributed by atoms with Crippen molar-refractivity contribution in [2.24, 2.45) is 0 Å². The number of anilines is 1. The van der Waals surface area contributed by atoms with E-state index < -0.39 is 5.92 Å². The molecule has 0 aliphatic rings. The van der Waals surface area contributed by atoms with Crippen molar-refractivity contribution < 1.29 is 9.18 Å². The van der Waals surface area contributed by atoms with Gasteiger partial charge in [-0.25, -0.2) is 4.39 Å². The second-order valence-corrected chi connectivity index (χ2v) is 5.69. The highest BCUT2D eigenvalue weighted by Crippen LogP contribution is 2.20. The summed E-state index contributed by atoms with van der Waals surface area (Å²) >= 11 is 0. The fraction of sp³-hybridized carbons (Fsp3) is 0.222. The van der Waals surface area contributed by atoms with Crippen LogP contribution >= 0.6 is 0 Å². The SMILES string of the molecule is CCc1ccc(C[C@@H](C(=O)Nc2ccc(F)cc2)c2nn[nH]n2)cc1. The summed E-state index contributed by atoms with van der Waals surface area (Å²) in [6, 6.07) is 13.7. The number of aromatic nitrogens is 4. The average molecular weight is 339 g/mol. The third-order valence-corrected chi connectivity index (χ3v) is 3.97. The van der Waals surface area contributed by atoms with Gasteiger partial charge in [-0.05, 0) is 48.2 Å². The van der Waals surface area contributed by atoms with E-state index in [9.17, 15) is 9.18 Å². The summed E-state index contributed by atoms with van der Waals surface area (Å²) in [5.74, 6) is -0.910. The Bertz CT molecular complexity index is 816. The summed E-state index contributed by atoms with van der Waals surface area (Å²) in [5, 5.41) is 16.6. The van der Waals surface area contributed by atoms with Gasteiger partial charge in [-0.15, -0.1) is 10.2 Å². The predicted molar refractivity (Wildman–Crippen MR) is 91.5 cm³/mol. The second kappa shape index (κ2) is 7.65. The molecule has 1 heterocycles. The van der Waals surface area contributed by atoms with Crippen molar-refractivity contribution in [2.75, 3.05) is 5.32 Å². The zero-order valence-corrected chi connectivity index (χ0v) is 13.7. The number of tetrazole rings is 1. The number of H-pyrrole nitrogens is 1. The van der Waals surface area contributed by atoms with E-state index in [1.165, 1.54) is 29.8 Å². The molecule has 0 bridgehead atoms. The van der Waals surface area contributed by atoms with Crippen LogP contribution < -0.4 is 5.32 Å². The number of carbonyl (C=O) groups excluding carboxylic acids is 1. The van der Waals surface area contributed by atoms with Crippen LogP contribution in [0.3, 0.4) is 0 Å². The Hall–Kier alpha value is -3.09. The van der Waals surface area contributed by atoms with Crippen molar-refractivity contribution in [1.29, 1.82) is 0 Å². The van der Waals surface area contributed by atoms with Gasteiger partial charge in [-0.3, -0.25) is 4.79 Å². The highest BCUT2D eigenvalue weighted by Gasteiger charge is 2.25. The van der Waals surface area contributed by atoms with Crippen molar-refractivity contribution >= 4 is 11.6 Å². The van der Waals surface area contributed by atoms with Gasteiger partial charge in [0.1, 0.15) is 11.7 Å². The Balaban J connectivity index is 1.79. The summed E-state index contributed by atoms with van der Waals surface area (Å²) < 4.78 is 13.0. The standard InChI is InChI=1S/C18H18FN5O/c1-2-12-3-5-13(6-4-12)11-16(17-21-23-24-22-17)18(25)20-15-9-7-14(19)8-10-15/h3-10,16H,2,11H2,1H3,(H,20,25)(H,21,22,23,24)/t16-/m1/s1. The lowest BCUT2D eigenvalue weighted by Crippen LogP contribution is -2.24. The Morgan fingerprint density at radius 2 is 1.80 bits per heavy atom. The van der Waals surface area contributed by atoms with E-state index in [2.05, 4.69) is 32.9 Å². The number of nitrogens with zero attached hydrogens (tertiary/aromatic N) is 3. The van der Waals surface area contributed by atoms with Crippen LogP contribution in [0.5, 0.6) is 0 Å². The third kappa shape index (κ3) is 4.26. The third-order valence-electron chi connectivity index (χ3n) is 3.97. The number of hydrogen-bond acceptors (Lipinski definition) is 4. The van der Waals surface area contributed by atoms with Crippen LogP contribution in [0.25, 0.3) is 0 Å². The van der Waals surface area contributed by atoms with Gasteiger partial charge in [-0.2, -0.15) is 5.21 Å². The number of benzene rings is 2. The molecule has 0 saturated heterocycles. The quantitative estimate of drug-likeness (QED) is 0.723. The minimum absolute atomic E-state index is 0.271. The molecule has 1 aromatic heterocycles. The number of hydrogen-bond donors (Lipinski definition) is 2. The lowest BCUT2D eigenvalue weighted by Gasteiger charge is -2.14. The molecule has 2 N–H and O–H groups in total. The maximum Gasteiger partial charge on any atom is 0.235 e. The molecule has 1 amide bonds. The van der Waals surface area contributed by atoms with Crippen LogP contribution in [0.15, 0.2) is 48.5 Å². The first kappa shape index (κ1) is 16.8. The van der Waals surface area contributed by atoms with Crippen molar-refractivity contribution in [2.45, 2.75) is 25.7 Å². The van der Waals surface area contributed by atoms with Crippen LogP contribution in [0.1, 0.15) is 29.8 Å². The van der Waals surface area contributed by atoms with Crippen molar-refractivity contribution in [3.05, 3.63) is 71.3 Å². The Kier molecular flexibility index (Phi) is 5.13. The number of aryl methyl sites for hydroxylation is 1. The molecule has 7 heteroatoms. The summed E-state index contributed by atoms with van der Waals surface area (Å²) in [6.07, 6.45) is 1.40. The molecule has 128 valence electrons. The zero-order valence-electron chi connectivity index (χ0n) is 13.7. The van der Waals surface area contributed by atoms with Gasteiger partial charge in [0.25, 0.3) is 0 Å². The van der Waals surface area contributed by atoms with E-state index in [4.69, 9.17) is 0 Å². The van der Waals surface area contributed by atoms with Gasteiger partial charge in [0.2, 0.25) is 5.91 Å². The molecule has 1 atom stereocenters. The summed E-state index contributed by atoms with van der Waals surface area (Å²) in [4.78, 5) is 12.7. The second-order valence-electron chi connectivity index (χ2n) is 5.69. The van der Waals surface area contributed by atoms with E-state index in [1.54, 1.807) is 0 Å². The first-order chi connectivity index (χ1) is 12.2. The van der Waals surface area contributed by atoms with Crippen LogP contribution in [-0.4, -0.2) is 26.5 Å². The monoisotopic (exact) mass is 339 g/mol. The van der Waals surface area contributed by atoms with E-state index in [0.29, 0.717) is 17.9 Å². The Morgan fingerprint density at radius 3 is 2.40 bits per heavy atom. The van der Waals surface area contributed by atoms with Gasteiger partial charge >= 0.3 is 0 Å². The first-order valence-corrected chi connectivity index (χ1v) is 8.03. The number of nitrogens with one attached hydrogen (secondary N) is 2. The number of amides is 1. The molecular formula is C18H18FN5O. The maximum absolute atomic E-state index is 13.0. The normalized spacial score (nSPS) is 11.9. The molecule has 0 spiro atoms. The van der Waals surface area contributed by atoms with E-state index in [-0.39, 0.29) is 11.7 Å². The van der Waals surface area contributed by atoms with Gasteiger partial charge < -0.3 is 5.32 Å². The van der Waals surface area contributed by atoms with Crippen LogP contribution in [-0.2, 0) is 17.6 Å². The van der Waals surface area contributed by atoms with Crippen LogP contribution in [0.4, 0.5) is 10.1 Å². The topological polar surface area (TPSA) is 83.6 Å². The molecule has 3 rings (SSSR count). The van der Waals surface area contributed by atoms with Gasteiger partial charge in [0, 0.05) is 5.69 Å². The molecule has 3 aromatic rings. The maximum atomic E-state index is 13.0. The number of rotatable bonds is 6. The summed E-state index contributed by atoms with van der Waals surface area (Å²) in [6.45, 7) is 2.09. The average Bonchev–Trinajstić information content (AvgIpc) is 3.16. The lowest BCUT2D eigenvalue weighted by atomic mass is 9.96. The summed E-state index contributed by atoms with van der Waals surface area (Å²) in [7, 11) is 0. The first-order valence-electron chi connectivity index (χ1n) is 8.03. The van der Waals surface area contributed by atoms with Crippen LogP contribution in [0, 0.1) is 5.82 Å².